The van der Waals surface area contributed by atoms with Gasteiger partial charge in [-0.25, -0.2) is 4.39 Å². The predicted molar refractivity (Wildman–Crippen MR) is 178 cm³/mol. The molecule has 0 saturated carbocycles. The van der Waals surface area contributed by atoms with Crippen LogP contribution in [0, 0.1) is 12.7 Å². The number of fused-ring (bicyclic) bond motifs is 1. The molecule has 1 aromatic heterocycles. The Balaban J connectivity index is 1.17. The summed E-state index contributed by atoms with van der Waals surface area (Å²) in [5.41, 5.74) is 3.54. The monoisotopic (exact) mass is 623 g/mol. The van der Waals surface area contributed by atoms with Gasteiger partial charge in [-0.15, -0.1) is 0 Å². The molecular formula is C36H38FN5O4. The molecule has 2 aliphatic rings. The number of carbonyl (C=O) groups excluding carboxylic acids is 3. The second-order valence-electron chi connectivity index (χ2n) is 11.9. The number of hydrogen-bond donors (Lipinski definition) is 1. The topological polar surface area (TPSA) is 95.0 Å². The van der Waals surface area contributed by atoms with E-state index < -0.39 is 17.2 Å². The first-order valence-corrected chi connectivity index (χ1v) is 15.9. The van der Waals surface area contributed by atoms with Gasteiger partial charge >= 0.3 is 0 Å². The number of halogens is 1. The number of nitrogens with one attached hydrogen (secondary N) is 1. The molecule has 3 amide bonds. The molecule has 2 aliphatic heterocycles. The number of carbonyl (C=O) groups is 3. The van der Waals surface area contributed by atoms with Crippen molar-refractivity contribution in [3.8, 4) is 0 Å². The molecule has 0 bridgehead atoms. The molecular weight excluding hydrogens is 585 g/mol. The molecule has 2 fully saturated rings. The Morgan fingerprint density at radius 2 is 1.67 bits per heavy atom. The van der Waals surface area contributed by atoms with Crippen molar-refractivity contribution >= 4 is 45.7 Å². The first-order chi connectivity index (χ1) is 22.2. The third-order valence-corrected chi connectivity index (χ3v) is 9.00. The van der Waals surface area contributed by atoms with Crippen LogP contribution in [0.15, 0.2) is 71.7 Å². The van der Waals surface area contributed by atoms with Crippen LogP contribution in [-0.4, -0.2) is 59.9 Å². The lowest BCUT2D eigenvalue weighted by Crippen LogP contribution is -2.49. The van der Waals surface area contributed by atoms with Crippen LogP contribution in [0.1, 0.15) is 47.7 Å². The van der Waals surface area contributed by atoms with E-state index in [9.17, 15) is 19.2 Å². The van der Waals surface area contributed by atoms with Crippen molar-refractivity contribution in [2.45, 2.75) is 46.1 Å². The molecule has 10 heteroatoms. The second-order valence-corrected chi connectivity index (χ2v) is 11.9. The number of rotatable bonds is 8. The molecule has 238 valence electrons. The van der Waals surface area contributed by atoms with Gasteiger partial charge in [0, 0.05) is 75.1 Å². The lowest BCUT2D eigenvalue weighted by atomic mass is 10.1. The molecule has 9 nitrogen and oxygen atoms in total. The number of anilines is 3. The van der Waals surface area contributed by atoms with E-state index in [2.05, 4.69) is 5.32 Å². The van der Waals surface area contributed by atoms with Crippen LogP contribution in [0.25, 0.3) is 10.9 Å². The van der Waals surface area contributed by atoms with Crippen molar-refractivity contribution in [1.29, 1.82) is 0 Å². The van der Waals surface area contributed by atoms with Gasteiger partial charge in [0.15, 0.2) is 0 Å². The van der Waals surface area contributed by atoms with E-state index >= 15 is 4.39 Å². The molecule has 0 atom stereocenters. The highest BCUT2D eigenvalue weighted by atomic mass is 19.1. The number of benzene rings is 3. The number of aromatic nitrogens is 1. The molecule has 4 aromatic rings. The average molecular weight is 624 g/mol. The Morgan fingerprint density at radius 1 is 0.913 bits per heavy atom. The number of piperazine rings is 1. The van der Waals surface area contributed by atoms with Gasteiger partial charge in [0.05, 0.1) is 11.2 Å². The van der Waals surface area contributed by atoms with E-state index in [1.165, 1.54) is 12.3 Å². The average Bonchev–Trinajstić information content (AvgIpc) is 3.49. The Labute approximate surface area is 267 Å². The smallest absolute Gasteiger partial charge is 0.261 e. The van der Waals surface area contributed by atoms with Gasteiger partial charge in [0.25, 0.3) is 5.91 Å². The summed E-state index contributed by atoms with van der Waals surface area (Å²) in [6.45, 7) is 6.82. The van der Waals surface area contributed by atoms with Crippen molar-refractivity contribution in [2.24, 2.45) is 0 Å². The predicted octanol–water partition coefficient (Wildman–Crippen LogP) is 5.13. The summed E-state index contributed by atoms with van der Waals surface area (Å²) in [6, 6.07) is 18.1. The van der Waals surface area contributed by atoms with Crippen molar-refractivity contribution < 1.29 is 18.8 Å². The quantitative estimate of drug-likeness (QED) is 0.294. The highest BCUT2D eigenvalue weighted by Crippen LogP contribution is 2.29. The third kappa shape index (κ3) is 6.24. The fourth-order valence-corrected chi connectivity index (χ4v) is 6.45. The minimum absolute atomic E-state index is 0.0819. The van der Waals surface area contributed by atoms with Gasteiger partial charge in [-0.2, -0.15) is 0 Å². The number of aryl methyl sites for hydroxylation is 3. The van der Waals surface area contributed by atoms with E-state index in [-0.39, 0.29) is 22.8 Å². The first-order valence-electron chi connectivity index (χ1n) is 15.9. The van der Waals surface area contributed by atoms with Crippen LogP contribution in [0.5, 0.6) is 0 Å². The van der Waals surface area contributed by atoms with Gasteiger partial charge in [0.1, 0.15) is 11.4 Å². The van der Waals surface area contributed by atoms with E-state index in [0.29, 0.717) is 75.4 Å². The summed E-state index contributed by atoms with van der Waals surface area (Å²) in [7, 11) is 0. The van der Waals surface area contributed by atoms with Crippen LogP contribution in [0.2, 0.25) is 0 Å². The number of pyridine rings is 1. The Hall–Kier alpha value is -4.99. The van der Waals surface area contributed by atoms with E-state index in [1.54, 1.807) is 33.7 Å². The van der Waals surface area contributed by atoms with E-state index in [4.69, 9.17) is 0 Å². The zero-order chi connectivity index (χ0) is 32.4. The van der Waals surface area contributed by atoms with Crippen molar-refractivity contribution in [2.75, 3.05) is 47.8 Å². The molecule has 3 heterocycles. The van der Waals surface area contributed by atoms with Crippen molar-refractivity contribution in [3.05, 3.63) is 99.6 Å². The lowest BCUT2D eigenvalue weighted by molar-refractivity contribution is -0.131. The molecule has 0 unspecified atom stereocenters. The number of amides is 3. The van der Waals surface area contributed by atoms with Crippen LogP contribution >= 0.6 is 0 Å². The maximum absolute atomic E-state index is 15.6. The summed E-state index contributed by atoms with van der Waals surface area (Å²) >= 11 is 0. The highest BCUT2D eigenvalue weighted by molar-refractivity contribution is 6.06. The Bertz CT molecular complexity index is 1860. The molecule has 46 heavy (non-hydrogen) atoms. The van der Waals surface area contributed by atoms with Gasteiger partial charge in [-0.1, -0.05) is 30.3 Å². The second kappa shape index (κ2) is 13.2. The summed E-state index contributed by atoms with van der Waals surface area (Å²) in [5, 5.41) is 2.93. The lowest BCUT2D eigenvalue weighted by Gasteiger charge is -2.36. The highest BCUT2D eigenvalue weighted by Gasteiger charge is 2.26. The molecule has 2 saturated heterocycles. The maximum Gasteiger partial charge on any atom is 0.261 e. The first kappa shape index (κ1) is 31.0. The standard InChI is InChI=1S/C36H38FN5O4/c1-3-39-23-28(36(46)38-26-12-13-30(24(2)20-26)42-15-7-10-34(42)44)35(45)27-21-29(37)32(22-31(27)39)40-16-18-41(19-17-40)33(43)14-11-25-8-5-4-6-9-25/h4-6,8-9,12-13,20-23H,3,7,10-11,14-19H2,1-2H3,(H,38,46). The minimum Gasteiger partial charge on any atom is -0.366 e. The summed E-state index contributed by atoms with van der Waals surface area (Å²) < 4.78 is 17.4. The summed E-state index contributed by atoms with van der Waals surface area (Å²) in [6.07, 6.45) is 3.98. The van der Waals surface area contributed by atoms with Gasteiger partial charge < -0.3 is 24.6 Å². The van der Waals surface area contributed by atoms with Crippen molar-refractivity contribution in [1.82, 2.24) is 9.47 Å². The van der Waals surface area contributed by atoms with Crippen LogP contribution in [-0.2, 0) is 22.6 Å². The minimum atomic E-state index is -0.587. The summed E-state index contributed by atoms with van der Waals surface area (Å²) in [4.78, 5) is 57.4. The van der Waals surface area contributed by atoms with Crippen LogP contribution in [0.4, 0.5) is 21.5 Å². The number of nitrogens with zero attached hydrogens (tertiary/aromatic N) is 4. The number of hydrogen-bond acceptors (Lipinski definition) is 5. The van der Waals surface area contributed by atoms with Crippen LogP contribution in [0.3, 0.4) is 0 Å². The molecule has 0 spiro atoms. The summed E-state index contributed by atoms with van der Waals surface area (Å²) in [5.74, 6) is -0.966. The van der Waals surface area contributed by atoms with Crippen LogP contribution < -0.4 is 20.5 Å². The zero-order valence-corrected chi connectivity index (χ0v) is 26.2. The zero-order valence-electron chi connectivity index (χ0n) is 26.2. The maximum atomic E-state index is 15.6. The molecule has 1 N–H and O–H groups in total. The van der Waals surface area contributed by atoms with Crippen molar-refractivity contribution in [3.63, 3.8) is 0 Å². The fraction of sp³-hybridized carbons (Fsp3) is 0.333. The third-order valence-electron chi connectivity index (χ3n) is 9.00. The van der Waals surface area contributed by atoms with Gasteiger partial charge in [0.2, 0.25) is 17.2 Å². The van der Waals surface area contributed by atoms with E-state index in [0.717, 1.165) is 23.2 Å². The Kier molecular flexibility index (Phi) is 8.87. The SMILES string of the molecule is CCn1cc(C(=O)Nc2ccc(N3CCCC3=O)c(C)c2)c(=O)c2cc(F)c(N3CCN(C(=O)CCc4ccccc4)CC3)cc21. The molecule has 3 aromatic carbocycles. The van der Waals surface area contributed by atoms with Gasteiger partial charge in [-0.3, -0.25) is 19.2 Å². The molecule has 0 aliphatic carbocycles. The normalized spacial score (nSPS) is 15.1. The fourth-order valence-electron chi connectivity index (χ4n) is 6.45. The molecule has 0 radical (unpaired) electrons. The van der Waals surface area contributed by atoms with E-state index in [1.807, 2.05) is 54.0 Å². The van der Waals surface area contributed by atoms with Gasteiger partial charge in [-0.05, 0) is 68.1 Å². The molecule has 6 rings (SSSR count). The largest absolute Gasteiger partial charge is 0.366 e. The Morgan fingerprint density at radius 3 is 2.35 bits per heavy atom.